The number of benzene rings is 1. The summed E-state index contributed by atoms with van der Waals surface area (Å²) >= 11 is 0. The van der Waals surface area contributed by atoms with E-state index in [0.717, 1.165) is 0 Å². The summed E-state index contributed by atoms with van der Waals surface area (Å²) in [6.07, 6.45) is 4.72. The number of pyridine rings is 2. The minimum atomic E-state index is -0.158. The number of ether oxygens (including phenoxy) is 1. The van der Waals surface area contributed by atoms with Gasteiger partial charge in [0.05, 0.1) is 0 Å². The van der Waals surface area contributed by atoms with Crippen molar-refractivity contribution in [1.82, 2.24) is 19.8 Å². The van der Waals surface area contributed by atoms with Crippen molar-refractivity contribution in [3.63, 3.8) is 0 Å². The van der Waals surface area contributed by atoms with E-state index in [2.05, 4.69) is 9.97 Å². The lowest BCUT2D eigenvalue weighted by Gasteiger charge is -2.34. The van der Waals surface area contributed by atoms with Crippen LogP contribution in [0.5, 0.6) is 11.5 Å². The Bertz CT molecular complexity index is 987. The molecular formula is C22H20N4O3. The van der Waals surface area contributed by atoms with Gasteiger partial charge in [-0.15, -0.1) is 0 Å². The van der Waals surface area contributed by atoms with Crippen LogP contribution in [0.2, 0.25) is 0 Å². The number of rotatable bonds is 4. The number of amides is 2. The minimum Gasteiger partial charge on any atom is -0.456 e. The van der Waals surface area contributed by atoms with Crippen molar-refractivity contribution in [3.05, 3.63) is 84.4 Å². The van der Waals surface area contributed by atoms with Crippen LogP contribution in [-0.2, 0) is 0 Å². The van der Waals surface area contributed by atoms with Crippen LogP contribution in [0, 0.1) is 0 Å². The van der Waals surface area contributed by atoms with E-state index < -0.39 is 0 Å². The van der Waals surface area contributed by atoms with Crippen LogP contribution in [0.25, 0.3) is 0 Å². The van der Waals surface area contributed by atoms with Crippen LogP contribution in [0.15, 0.2) is 73.2 Å². The maximum Gasteiger partial charge on any atom is 0.272 e. The maximum atomic E-state index is 13.0. The van der Waals surface area contributed by atoms with Gasteiger partial charge in [0.1, 0.15) is 22.8 Å². The molecule has 3 heterocycles. The summed E-state index contributed by atoms with van der Waals surface area (Å²) in [5.74, 6) is 0.836. The van der Waals surface area contributed by atoms with E-state index in [0.29, 0.717) is 48.9 Å². The molecule has 0 aliphatic carbocycles. The highest BCUT2D eigenvalue weighted by atomic mass is 16.5. The van der Waals surface area contributed by atoms with Crippen LogP contribution < -0.4 is 4.74 Å². The van der Waals surface area contributed by atoms with E-state index in [1.807, 2.05) is 30.3 Å². The molecule has 0 atom stereocenters. The second kappa shape index (κ2) is 8.52. The number of hydrogen-bond donors (Lipinski definition) is 0. The van der Waals surface area contributed by atoms with Gasteiger partial charge in [0, 0.05) is 44.8 Å². The van der Waals surface area contributed by atoms with Crippen molar-refractivity contribution in [2.24, 2.45) is 0 Å². The average Bonchev–Trinajstić information content (AvgIpc) is 2.80. The Morgan fingerprint density at radius 2 is 1.48 bits per heavy atom. The third-order valence-corrected chi connectivity index (χ3v) is 4.72. The zero-order valence-corrected chi connectivity index (χ0v) is 15.8. The molecule has 1 aliphatic heterocycles. The molecule has 1 saturated heterocycles. The lowest BCUT2D eigenvalue weighted by molar-refractivity contribution is 0.0530. The van der Waals surface area contributed by atoms with Crippen LogP contribution in [0.1, 0.15) is 20.8 Å². The highest BCUT2D eigenvalue weighted by Crippen LogP contribution is 2.25. The Hall–Kier alpha value is -3.74. The first-order valence-corrected chi connectivity index (χ1v) is 9.39. The molecule has 4 rings (SSSR count). The summed E-state index contributed by atoms with van der Waals surface area (Å²) in [7, 11) is 0. The molecule has 0 bridgehead atoms. The van der Waals surface area contributed by atoms with Crippen LogP contribution >= 0.6 is 0 Å². The summed E-state index contributed by atoms with van der Waals surface area (Å²) in [6.45, 7) is 1.79. The highest BCUT2D eigenvalue weighted by Gasteiger charge is 2.27. The molecule has 0 spiro atoms. The van der Waals surface area contributed by atoms with Gasteiger partial charge in [-0.1, -0.05) is 24.3 Å². The first-order valence-electron chi connectivity index (χ1n) is 9.39. The van der Waals surface area contributed by atoms with Gasteiger partial charge >= 0.3 is 0 Å². The van der Waals surface area contributed by atoms with Crippen molar-refractivity contribution in [2.75, 3.05) is 26.2 Å². The Kier molecular flexibility index (Phi) is 5.47. The van der Waals surface area contributed by atoms with Crippen LogP contribution in [-0.4, -0.2) is 57.8 Å². The Labute approximate surface area is 168 Å². The number of aromatic nitrogens is 2. The van der Waals surface area contributed by atoms with Crippen molar-refractivity contribution in [1.29, 1.82) is 0 Å². The fourth-order valence-corrected chi connectivity index (χ4v) is 3.18. The molecule has 29 heavy (non-hydrogen) atoms. The van der Waals surface area contributed by atoms with Gasteiger partial charge in [-0.25, -0.2) is 0 Å². The summed E-state index contributed by atoms with van der Waals surface area (Å²) in [5.41, 5.74) is 0.818. The number of nitrogens with zero attached hydrogens (tertiary/aromatic N) is 4. The lowest BCUT2D eigenvalue weighted by Crippen LogP contribution is -2.50. The highest BCUT2D eigenvalue weighted by molar-refractivity contribution is 5.97. The van der Waals surface area contributed by atoms with Crippen molar-refractivity contribution < 1.29 is 14.3 Å². The van der Waals surface area contributed by atoms with E-state index in [9.17, 15) is 9.59 Å². The average molecular weight is 388 g/mol. The fraction of sp³-hybridized carbons (Fsp3) is 0.182. The molecular weight excluding hydrogens is 368 g/mol. The van der Waals surface area contributed by atoms with E-state index in [-0.39, 0.29) is 11.8 Å². The topological polar surface area (TPSA) is 75.6 Å². The molecule has 1 aromatic carbocycles. The second-order valence-electron chi connectivity index (χ2n) is 6.59. The summed E-state index contributed by atoms with van der Waals surface area (Å²) in [5, 5.41) is 0. The van der Waals surface area contributed by atoms with Crippen molar-refractivity contribution >= 4 is 11.8 Å². The van der Waals surface area contributed by atoms with Gasteiger partial charge in [-0.05, 0) is 30.3 Å². The molecule has 0 N–H and O–H groups in total. The zero-order chi connectivity index (χ0) is 20.1. The Balaban J connectivity index is 1.43. The third-order valence-electron chi connectivity index (χ3n) is 4.72. The van der Waals surface area contributed by atoms with Crippen molar-refractivity contribution in [2.45, 2.75) is 0 Å². The molecule has 146 valence electrons. The van der Waals surface area contributed by atoms with E-state index in [1.54, 1.807) is 46.5 Å². The van der Waals surface area contributed by atoms with Crippen LogP contribution in [0.3, 0.4) is 0 Å². The van der Waals surface area contributed by atoms with E-state index >= 15 is 0 Å². The SMILES string of the molecule is O=C(c1ccccn1)N1CCN(C(=O)c2cnccc2Oc2ccccc2)CC1. The first-order chi connectivity index (χ1) is 14.2. The molecule has 2 amide bonds. The summed E-state index contributed by atoms with van der Waals surface area (Å²) in [6, 6.07) is 16.2. The smallest absolute Gasteiger partial charge is 0.272 e. The largest absolute Gasteiger partial charge is 0.456 e. The standard InChI is InChI=1S/C22H20N4O3/c27-21(18-16-23-11-9-20(18)29-17-6-2-1-3-7-17)25-12-14-26(15-13-25)22(28)19-8-4-5-10-24-19/h1-11,16H,12-15H2. The fourth-order valence-electron chi connectivity index (χ4n) is 3.18. The van der Waals surface area contributed by atoms with E-state index in [1.165, 1.54) is 6.20 Å². The van der Waals surface area contributed by atoms with E-state index in [4.69, 9.17) is 4.74 Å². The molecule has 7 heteroatoms. The third kappa shape index (κ3) is 4.24. The van der Waals surface area contributed by atoms with Gasteiger partial charge in [0.25, 0.3) is 11.8 Å². The summed E-state index contributed by atoms with van der Waals surface area (Å²) in [4.78, 5) is 37.2. The maximum absolute atomic E-state index is 13.0. The molecule has 2 aromatic heterocycles. The predicted molar refractivity (Wildman–Crippen MR) is 107 cm³/mol. The first kappa shape index (κ1) is 18.6. The molecule has 3 aromatic rings. The van der Waals surface area contributed by atoms with Crippen LogP contribution in [0.4, 0.5) is 0 Å². The van der Waals surface area contributed by atoms with Gasteiger partial charge < -0.3 is 14.5 Å². The molecule has 0 radical (unpaired) electrons. The quantitative estimate of drug-likeness (QED) is 0.687. The Morgan fingerprint density at radius 1 is 0.793 bits per heavy atom. The predicted octanol–water partition coefficient (Wildman–Crippen LogP) is 2.87. The number of piperazine rings is 1. The number of carbonyl (C=O) groups is 2. The van der Waals surface area contributed by atoms with Gasteiger partial charge in [-0.2, -0.15) is 0 Å². The number of hydrogen-bond acceptors (Lipinski definition) is 5. The lowest BCUT2D eigenvalue weighted by atomic mass is 10.2. The number of carbonyl (C=O) groups excluding carboxylic acids is 2. The van der Waals surface area contributed by atoms with Gasteiger partial charge in [0.2, 0.25) is 0 Å². The normalized spacial score (nSPS) is 13.8. The van der Waals surface area contributed by atoms with Gasteiger partial charge in [-0.3, -0.25) is 19.6 Å². The molecule has 7 nitrogen and oxygen atoms in total. The molecule has 0 unspecified atom stereocenters. The summed E-state index contributed by atoms with van der Waals surface area (Å²) < 4.78 is 5.88. The molecule has 0 saturated carbocycles. The van der Waals surface area contributed by atoms with Crippen molar-refractivity contribution in [3.8, 4) is 11.5 Å². The monoisotopic (exact) mass is 388 g/mol. The number of para-hydroxylation sites is 1. The van der Waals surface area contributed by atoms with Gasteiger partial charge in [0.15, 0.2) is 0 Å². The minimum absolute atomic E-state index is 0.118. The second-order valence-corrected chi connectivity index (χ2v) is 6.59. The zero-order valence-electron chi connectivity index (χ0n) is 15.8. The Morgan fingerprint density at radius 3 is 2.17 bits per heavy atom. The molecule has 1 aliphatic rings. The molecule has 1 fully saturated rings.